The summed E-state index contributed by atoms with van der Waals surface area (Å²) < 4.78 is 0. The lowest BCUT2D eigenvalue weighted by Gasteiger charge is -2.26. The number of carbonyl (C=O) groups excluding carboxylic acids is 1. The lowest BCUT2D eigenvalue weighted by molar-refractivity contribution is -0.139. The van der Waals surface area contributed by atoms with Crippen molar-refractivity contribution in [1.82, 2.24) is 5.32 Å². The molecule has 1 rings (SSSR count). The molecule has 2 N–H and O–H groups in total. The molecule has 1 aliphatic rings. The van der Waals surface area contributed by atoms with E-state index >= 15 is 0 Å². The van der Waals surface area contributed by atoms with Gasteiger partial charge in [0.15, 0.2) is 0 Å². The highest BCUT2D eigenvalue weighted by Gasteiger charge is 2.38. The highest BCUT2D eigenvalue weighted by Crippen LogP contribution is 2.39. The Hall–Kier alpha value is -1.06. The van der Waals surface area contributed by atoms with E-state index in [4.69, 9.17) is 5.11 Å². The Morgan fingerprint density at radius 3 is 2.36 bits per heavy atom. The number of aliphatic carboxylic acids is 1. The van der Waals surface area contributed by atoms with Crippen LogP contribution in [0.25, 0.3) is 0 Å². The molecule has 4 heteroatoms. The molecule has 0 aromatic heterocycles. The van der Waals surface area contributed by atoms with E-state index in [9.17, 15) is 9.59 Å². The van der Waals surface area contributed by atoms with Crippen LogP contribution in [0.15, 0.2) is 0 Å². The number of carboxylic acids is 1. The van der Waals surface area contributed by atoms with Gasteiger partial charge in [0.25, 0.3) is 0 Å². The van der Waals surface area contributed by atoms with Gasteiger partial charge in [0.2, 0.25) is 5.91 Å². The maximum Gasteiger partial charge on any atom is 0.303 e. The van der Waals surface area contributed by atoms with Crippen molar-refractivity contribution in [3.05, 3.63) is 0 Å². The number of carbonyl (C=O) groups is 2. The van der Waals surface area contributed by atoms with Crippen LogP contribution in [-0.2, 0) is 9.59 Å². The van der Waals surface area contributed by atoms with Gasteiger partial charge in [-0.05, 0) is 32.6 Å². The Balaban J connectivity index is 2.28. The first kappa shape index (κ1) is 11.0. The maximum absolute atomic E-state index is 11.3. The van der Waals surface area contributed by atoms with E-state index in [1.165, 1.54) is 0 Å². The average molecular weight is 199 g/mol. The highest BCUT2D eigenvalue weighted by atomic mass is 16.4. The third-order valence-electron chi connectivity index (χ3n) is 2.63. The summed E-state index contributed by atoms with van der Waals surface area (Å²) in [5.41, 5.74) is -0.171. The molecule has 0 aromatic rings. The van der Waals surface area contributed by atoms with Crippen LogP contribution >= 0.6 is 0 Å². The second-order valence-corrected chi connectivity index (χ2v) is 4.44. The summed E-state index contributed by atoms with van der Waals surface area (Å²) in [6.45, 7) is 3.98. The number of carboxylic acid groups (broad SMARTS) is 1. The van der Waals surface area contributed by atoms with Gasteiger partial charge in [0.05, 0.1) is 6.42 Å². The van der Waals surface area contributed by atoms with Gasteiger partial charge in [-0.15, -0.1) is 0 Å². The zero-order valence-electron chi connectivity index (χ0n) is 8.67. The van der Waals surface area contributed by atoms with Gasteiger partial charge in [-0.1, -0.05) is 0 Å². The van der Waals surface area contributed by atoms with Crippen molar-refractivity contribution in [2.45, 2.75) is 45.1 Å². The quantitative estimate of drug-likeness (QED) is 0.698. The number of nitrogens with one attached hydrogen (secondary N) is 1. The van der Waals surface area contributed by atoms with Crippen molar-refractivity contribution >= 4 is 11.9 Å². The summed E-state index contributed by atoms with van der Waals surface area (Å²) in [5, 5.41) is 11.3. The molecule has 0 heterocycles. The SMILES string of the molecule is CC(C)(NC(=O)CCC(=O)O)C1CC1. The lowest BCUT2D eigenvalue weighted by Crippen LogP contribution is -2.45. The van der Waals surface area contributed by atoms with Crippen molar-refractivity contribution in [3.63, 3.8) is 0 Å². The van der Waals surface area contributed by atoms with E-state index in [2.05, 4.69) is 5.32 Å². The molecule has 0 saturated heterocycles. The Morgan fingerprint density at radius 1 is 1.36 bits per heavy atom. The van der Waals surface area contributed by atoms with Gasteiger partial charge in [0.1, 0.15) is 0 Å². The van der Waals surface area contributed by atoms with Gasteiger partial charge < -0.3 is 10.4 Å². The monoisotopic (exact) mass is 199 g/mol. The predicted molar refractivity (Wildman–Crippen MR) is 51.8 cm³/mol. The summed E-state index contributed by atoms with van der Waals surface area (Å²) in [5.74, 6) is -0.523. The van der Waals surface area contributed by atoms with Crippen LogP contribution in [0, 0.1) is 5.92 Å². The molecule has 1 aliphatic carbocycles. The molecule has 4 nitrogen and oxygen atoms in total. The highest BCUT2D eigenvalue weighted by molar-refractivity contribution is 5.81. The summed E-state index contributed by atoms with van der Waals surface area (Å²) >= 11 is 0. The normalized spacial score (nSPS) is 16.4. The van der Waals surface area contributed by atoms with Crippen molar-refractivity contribution in [2.24, 2.45) is 5.92 Å². The molecular weight excluding hydrogens is 182 g/mol. The molecule has 0 bridgehead atoms. The Morgan fingerprint density at radius 2 is 1.93 bits per heavy atom. The maximum atomic E-state index is 11.3. The summed E-state index contributed by atoms with van der Waals surface area (Å²) in [6.07, 6.45) is 2.30. The largest absolute Gasteiger partial charge is 0.481 e. The van der Waals surface area contributed by atoms with Crippen LogP contribution in [0.2, 0.25) is 0 Å². The third-order valence-corrected chi connectivity index (χ3v) is 2.63. The Labute approximate surface area is 83.7 Å². The fourth-order valence-corrected chi connectivity index (χ4v) is 1.55. The predicted octanol–water partition coefficient (Wildman–Crippen LogP) is 1.16. The molecule has 0 unspecified atom stereocenters. The molecule has 1 fully saturated rings. The molecular formula is C10H17NO3. The summed E-state index contributed by atoms with van der Waals surface area (Å²) in [7, 11) is 0. The molecule has 1 amide bonds. The van der Waals surface area contributed by atoms with Crippen molar-refractivity contribution in [3.8, 4) is 0 Å². The van der Waals surface area contributed by atoms with Crippen LogP contribution in [0.5, 0.6) is 0 Å². The van der Waals surface area contributed by atoms with Crippen LogP contribution < -0.4 is 5.32 Å². The zero-order chi connectivity index (χ0) is 10.8. The van der Waals surface area contributed by atoms with E-state index in [1.807, 2.05) is 13.8 Å². The average Bonchev–Trinajstić information content (AvgIpc) is 2.81. The first-order valence-electron chi connectivity index (χ1n) is 4.94. The molecule has 1 saturated carbocycles. The van der Waals surface area contributed by atoms with Gasteiger partial charge >= 0.3 is 5.97 Å². The summed E-state index contributed by atoms with van der Waals surface area (Å²) in [4.78, 5) is 21.6. The van der Waals surface area contributed by atoms with E-state index in [0.717, 1.165) is 12.8 Å². The minimum absolute atomic E-state index is 0.0749. The number of rotatable bonds is 5. The van der Waals surface area contributed by atoms with Crippen molar-refractivity contribution in [2.75, 3.05) is 0 Å². The third kappa shape index (κ3) is 3.36. The van der Waals surface area contributed by atoms with Gasteiger partial charge in [-0.2, -0.15) is 0 Å². The van der Waals surface area contributed by atoms with Crippen molar-refractivity contribution in [1.29, 1.82) is 0 Å². The topological polar surface area (TPSA) is 66.4 Å². The molecule has 80 valence electrons. The minimum Gasteiger partial charge on any atom is -0.481 e. The fraction of sp³-hybridized carbons (Fsp3) is 0.800. The zero-order valence-corrected chi connectivity index (χ0v) is 8.67. The van der Waals surface area contributed by atoms with Crippen molar-refractivity contribution < 1.29 is 14.7 Å². The minimum atomic E-state index is -0.927. The summed E-state index contributed by atoms with van der Waals surface area (Å²) in [6, 6.07) is 0. The number of hydrogen-bond donors (Lipinski definition) is 2. The lowest BCUT2D eigenvalue weighted by atomic mass is 9.98. The molecule has 0 aromatic carbocycles. The van der Waals surface area contributed by atoms with Crippen LogP contribution in [0.1, 0.15) is 39.5 Å². The van der Waals surface area contributed by atoms with E-state index in [-0.39, 0.29) is 24.3 Å². The van der Waals surface area contributed by atoms with Crippen LogP contribution in [-0.4, -0.2) is 22.5 Å². The number of hydrogen-bond acceptors (Lipinski definition) is 2. The Kier molecular flexibility index (Phi) is 3.13. The van der Waals surface area contributed by atoms with E-state index in [0.29, 0.717) is 5.92 Å². The van der Waals surface area contributed by atoms with Crippen LogP contribution in [0.3, 0.4) is 0 Å². The Bertz CT molecular complexity index is 244. The first-order chi connectivity index (χ1) is 6.42. The van der Waals surface area contributed by atoms with E-state index in [1.54, 1.807) is 0 Å². The van der Waals surface area contributed by atoms with E-state index < -0.39 is 5.97 Å². The fourth-order valence-electron chi connectivity index (χ4n) is 1.55. The molecule has 0 atom stereocenters. The van der Waals surface area contributed by atoms with Gasteiger partial charge in [-0.25, -0.2) is 0 Å². The second kappa shape index (κ2) is 3.98. The first-order valence-corrected chi connectivity index (χ1v) is 4.94. The molecule has 0 spiro atoms. The smallest absolute Gasteiger partial charge is 0.303 e. The molecule has 14 heavy (non-hydrogen) atoms. The second-order valence-electron chi connectivity index (χ2n) is 4.44. The standard InChI is InChI=1S/C10H17NO3/c1-10(2,7-3-4-7)11-8(12)5-6-9(13)14/h7H,3-6H2,1-2H3,(H,11,12)(H,13,14). The number of amides is 1. The molecule has 0 aliphatic heterocycles. The van der Waals surface area contributed by atoms with Gasteiger partial charge in [-0.3, -0.25) is 9.59 Å². The van der Waals surface area contributed by atoms with Gasteiger partial charge in [0, 0.05) is 12.0 Å². The molecule has 0 radical (unpaired) electrons. The van der Waals surface area contributed by atoms with Crippen LogP contribution in [0.4, 0.5) is 0 Å².